The van der Waals surface area contributed by atoms with Crippen molar-refractivity contribution >= 4 is 23.3 Å². The predicted molar refractivity (Wildman–Crippen MR) is 153 cm³/mol. The monoisotopic (exact) mass is 490 g/mol. The van der Waals surface area contributed by atoms with Gasteiger partial charge in [-0.2, -0.15) is 0 Å². The molecule has 32 heavy (non-hydrogen) atoms. The molecule has 0 spiro atoms. The van der Waals surface area contributed by atoms with Crippen LogP contribution >= 0.6 is 0 Å². The van der Waals surface area contributed by atoms with Crippen molar-refractivity contribution in [3.05, 3.63) is 0 Å². The number of rotatable bonds is 7. The van der Waals surface area contributed by atoms with E-state index in [1.54, 1.807) is 51.4 Å². The minimum atomic E-state index is -1.27. The average molecular weight is 491 g/mol. The summed E-state index contributed by atoms with van der Waals surface area (Å²) in [5, 5.41) is 0. The van der Waals surface area contributed by atoms with Crippen LogP contribution in [-0.2, 0) is 0 Å². The van der Waals surface area contributed by atoms with Crippen molar-refractivity contribution in [1.29, 1.82) is 0 Å². The fraction of sp³-hybridized carbons (Fsp3) is 1.00. The summed E-state index contributed by atoms with van der Waals surface area (Å²) in [5.41, 5.74) is 3.43. The molecular weight excluding hydrogens is 433 g/mol. The van der Waals surface area contributed by atoms with E-state index in [1.807, 2.05) is 0 Å². The van der Waals surface area contributed by atoms with E-state index in [-0.39, 0.29) is 0 Å². The first-order valence-electron chi connectivity index (χ1n) is 14.9. The second-order valence-electron chi connectivity index (χ2n) is 15.5. The molecule has 0 radical (unpaired) electrons. The standard InChI is InChI=1S/C29H58Si3/c1-10-11-13-22-16-17-24(19-22)31(6,7)32(8,9)28-21(2)18-26-27(28)20-23-14-12-15-25(23)29(26)30(3,4)5/h21-29H,10-20H2,1-9H3. The van der Waals surface area contributed by atoms with Gasteiger partial charge in [0.1, 0.15) is 0 Å². The van der Waals surface area contributed by atoms with Crippen molar-refractivity contribution in [2.45, 2.75) is 147 Å². The van der Waals surface area contributed by atoms with Crippen LogP contribution in [0.15, 0.2) is 0 Å². The normalized spacial score (nSPS) is 42.8. The van der Waals surface area contributed by atoms with Gasteiger partial charge in [-0.1, -0.05) is 117 Å². The lowest BCUT2D eigenvalue weighted by Gasteiger charge is -2.54. The maximum atomic E-state index is 2.94. The van der Waals surface area contributed by atoms with Crippen LogP contribution in [0.25, 0.3) is 0 Å². The maximum Gasteiger partial charge on any atom is 0.0479 e. The van der Waals surface area contributed by atoms with Crippen LogP contribution in [-0.4, -0.2) is 23.3 Å². The predicted octanol–water partition coefficient (Wildman–Crippen LogP) is 10.0. The van der Waals surface area contributed by atoms with Crippen LogP contribution in [0.4, 0.5) is 0 Å². The Hall–Kier alpha value is 0.651. The Labute approximate surface area is 205 Å². The molecule has 0 heterocycles. The smallest absolute Gasteiger partial charge is 0.0479 e. The fourth-order valence-electron chi connectivity index (χ4n) is 10.6. The van der Waals surface area contributed by atoms with Gasteiger partial charge in [-0.25, -0.2) is 0 Å². The molecular formula is C29H58Si3. The molecule has 0 aromatic carbocycles. The number of fused-ring (bicyclic) bond motifs is 2. The van der Waals surface area contributed by atoms with Crippen molar-refractivity contribution < 1.29 is 0 Å². The first-order chi connectivity index (χ1) is 14.9. The van der Waals surface area contributed by atoms with Crippen molar-refractivity contribution in [2.24, 2.45) is 35.5 Å². The van der Waals surface area contributed by atoms with Crippen LogP contribution in [0.2, 0.25) is 62.5 Å². The van der Waals surface area contributed by atoms with E-state index in [4.69, 9.17) is 0 Å². The molecule has 9 atom stereocenters. The van der Waals surface area contributed by atoms with Crippen molar-refractivity contribution in [3.8, 4) is 0 Å². The van der Waals surface area contributed by atoms with E-state index >= 15 is 0 Å². The Morgan fingerprint density at radius 3 is 2.03 bits per heavy atom. The highest BCUT2D eigenvalue weighted by Crippen LogP contribution is 2.67. The summed E-state index contributed by atoms with van der Waals surface area (Å²) in [6.45, 7) is 25.0. The third-order valence-electron chi connectivity index (χ3n) is 12.5. The lowest BCUT2D eigenvalue weighted by Crippen LogP contribution is -2.62. The van der Waals surface area contributed by atoms with Gasteiger partial charge in [-0.05, 0) is 65.0 Å². The van der Waals surface area contributed by atoms with Gasteiger partial charge in [0.05, 0.1) is 0 Å². The number of unbranched alkanes of at least 4 members (excludes halogenated alkanes) is 1. The van der Waals surface area contributed by atoms with Crippen LogP contribution in [0, 0.1) is 35.5 Å². The molecule has 0 nitrogen and oxygen atoms in total. The molecule has 4 fully saturated rings. The molecule has 9 unspecified atom stereocenters. The van der Waals surface area contributed by atoms with E-state index in [0.29, 0.717) is 0 Å². The largest absolute Gasteiger partial charge is 0.0711 e. The van der Waals surface area contributed by atoms with E-state index in [2.05, 4.69) is 59.7 Å². The SMILES string of the molecule is CCCCC1CCC([Si](C)(C)[Si](C)(C)C2C(C)CC3C2CC2CCCC2C3[Si](C)(C)C)C1. The van der Waals surface area contributed by atoms with Gasteiger partial charge in [0.2, 0.25) is 0 Å². The topological polar surface area (TPSA) is 0 Å². The van der Waals surface area contributed by atoms with Gasteiger partial charge in [-0.15, -0.1) is 0 Å². The summed E-state index contributed by atoms with van der Waals surface area (Å²) in [5.74, 6) is 6.56. The summed E-state index contributed by atoms with van der Waals surface area (Å²) in [6.07, 6.45) is 17.2. The third kappa shape index (κ3) is 4.36. The lowest BCUT2D eigenvalue weighted by atomic mass is 9.70. The maximum absolute atomic E-state index is 2.94. The molecule has 4 aliphatic carbocycles. The van der Waals surface area contributed by atoms with Crippen LogP contribution in [0.1, 0.15) is 84.5 Å². The first-order valence-corrected chi connectivity index (χ1v) is 25.6. The van der Waals surface area contributed by atoms with E-state index in [0.717, 1.165) is 52.1 Å². The molecule has 0 aromatic rings. The van der Waals surface area contributed by atoms with Gasteiger partial charge in [0.25, 0.3) is 0 Å². The zero-order valence-corrected chi connectivity index (χ0v) is 26.5. The Balaban J connectivity index is 1.58. The number of hydrogen-bond donors (Lipinski definition) is 0. The molecule has 186 valence electrons. The molecule has 4 aliphatic rings. The van der Waals surface area contributed by atoms with Crippen LogP contribution in [0.3, 0.4) is 0 Å². The summed E-state index contributed by atoms with van der Waals surface area (Å²) in [6, 6.07) is 0. The fourth-order valence-corrected chi connectivity index (χ4v) is 28.8. The van der Waals surface area contributed by atoms with Crippen LogP contribution < -0.4 is 0 Å². The second kappa shape index (κ2) is 9.27. The van der Waals surface area contributed by atoms with E-state index < -0.39 is 23.3 Å². The molecule has 3 heteroatoms. The van der Waals surface area contributed by atoms with Crippen molar-refractivity contribution in [2.75, 3.05) is 0 Å². The van der Waals surface area contributed by atoms with Gasteiger partial charge in [0.15, 0.2) is 0 Å². The van der Waals surface area contributed by atoms with Crippen molar-refractivity contribution in [1.82, 2.24) is 0 Å². The van der Waals surface area contributed by atoms with E-state index in [1.165, 1.54) is 19.3 Å². The highest BCUT2D eigenvalue weighted by Gasteiger charge is 2.62. The average Bonchev–Trinajstić information content (AvgIpc) is 3.40. The molecule has 0 saturated heterocycles. The summed E-state index contributed by atoms with van der Waals surface area (Å²) in [4.78, 5) is 0. The van der Waals surface area contributed by atoms with Gasteiger partial charge >= 0.3 is 0 Å². The van der Waals surface area contributed by atoms with Gasteiger partial charge in [0, 0.05) is 23.3 Å². The highest BCUT2D eigenvalue weighted by molar-refractivity contribution is 7.41. The minimum Gasteiger partial charge on any atom is -0.0711 e. The van der Waals surface area contributed by atoms with Crippen LogP contribution in [0.5, 0.6) is 0 Å². The molecule has 0 N–H and O–H groups in total. The van der Waals surface area contributed by atoms with Gasteiger partial charge < -0.3 is 0 Å². The molecule has 0 bridgehead atoms. The minimum absolute atomic E-state index is 1.02. The first kappa shape index (κ1) is 25.7. The third-order valence-corrected chi connectivity index (χ3v) is 36.1. The Kier molecular flexibility index (Phi) is 7.45. The summed E-state index contributed by atoms with van der Waals surface area (Å²) < 4.78 is 0. The molecule has 0 aromatic heterocycles. The second-order valence-corrected chi connectivity index (χ2v) is 37.0. The Bertz CT molecular complexity index is 647. The molecule has 0 aliphatic heterocycles. The van der Waals surface area contributed by atoms with Crippen molar-refractivity contribution in [3.63, 3.8) is 0 Å². The van der Waals surface area contributed by atoms with E-state index in [9.17, 15) is 0 Å². The molecule has 4 rings (SSSR count). The zero-order chi connectivity index (χ0) is 23.5. The molecule has 4 saturated carbocycles. The zero-order valence-electron chi connectivity index (χ0n) is 23.5. The Morgan fingerprint density at radius 1 is 0.688 bits per heavy atom. The molecule has 0 amide bonds. The summed E-state index contributed by atoms with van der Waals surface area (Å²) in [7, 11) is -3.60. The Morgan fingerprint density at radius 2 is 1.38 bits per heavy atom. The summed E-state index contributed by atoms with van der Waals surface area (Å²) >= 11 is 0. The lowest BCUT2D eigenvalue weighted by molar-refractivity contribution is 0.151. The highest BCUT2D eigenvalue weighted by atomic mass is 29.3. The van der Waals surface area contributed by atoms with Gasteiger partial charge in [-0.3, -0.25) is 0 Å². The number of hydrogen-bond acceptors (Lipinski definition) is 0. The quantitative estimate of drug-likeness (QED) is 0.311.